The van der Waals surface area contributed by atoms with Gasteiger partial charge >= 0.3 is 0 Å². The number of amides is 1. The molecule has 5 nitrogen and oxygen atoms in total. The summed E-state index contributed by atoms with van der Waals surface area (Å²) in [6, 6.07) is 11.6. The van der Waals surface area contributed by atoms with E-state index < -0.39 is 0 Å². The number of fused-ring (bicyclic) bond motifs is 1. The van der Waals surface area contributed by atoms with E-state index in [2.05, 4.69) is 5.32 Å². The Morgan fingerprint density at radius 2 is 1.68 bits per heavy atom. The largest absolute Gasteiger partial charge is 0.493 e. The average Bonchev–Trinajstić information content (AvgIpc) is 2.59. The lowest BCUT2D eigenvalue weighted by molar-refractivity contribution is -0.116. The number of benzene rings is 2. The minimum absolute atomic E-state index is 0.0240. The van der Waals surface area contributed by atoms with E-state index in [4.69, 9.17) is 14.2 Å². The van der Waals surface area contributed by atoms with Crippen molar-refractivity contribution in [3.63, 3.8) is 0 Å². The number of nitrogens with one attached hydrogen (secondary N) is 1. The summed E-state index contributed by atoms with van der Waals surface area (Å²) in [6.45, 7) is 3.98. The first-order valence-electron chi connectivity index (χ1n) is 8.34. The Kier molecular flexibility index (Phi) is 4.83. The highest BCUT2D eigenvalue weighted by Crippen LogP contribution is 2.45. The third-order valence-electron chi connectivity index (χ3n) is 4.25. The van der Waals surface area contributed by atoms with Gasteiger partial charge in [-0.25, -0.2) is 0 Å². The van der Waals surface area contributed by atoms with Crippen LogP contribution in [0.25, 0.3) is 0 Å². The first-order valence-corrected chi connectivity index (χ1v) is 8.34. The maximum atomic E-state index is 12.3. The van der Waals surface area contributed by atoms with Gasteiger partial charge in [0.1, 0.15) is 5.75 Å². The van der Waals surface area contributed by atoms with Crippen molar-refractivity contribution in [2.75, 3.05) is 19.5 Å². The zero-order valence-electron chi connectivity index (χ0n) is 15.0. The fraction of sp³-hybridized carbons (Fsp3) is 0.350. The molecule has 0 saturated carbocycles. The van der Waals surface area contributed by atoms with Crippen LogP contribution in [0.3, 0.4) is 0 Å². The minimum atomic E-state index is -0.0986. The molecule has 2 aromatic carbocycles. The van der Waals surface area contributed by atoms with Crippen molar-refractivity contribution < 1.29 is 19.0 Å². The molecule has 1 aliphatic rings. The highest BCUT2D eigenvalue weighted by molar-refractivity contribution is 5.96. The van der Waals surface area contributed by atoms with Crippen LogP contribution in [0, 0.1) is 0 Å². The van der Waals surface area contributed by atoms with Crippen molar-refractivity contribution in [1.29, 1.82) is 0 Å². The summed E-state index contributed by atoms with van der Waals surface area (Å²) in [6.07, 6.45) is 0.421. The molecule has 2 aromatic rings. The van der Waals surface area contributed by atoms with E-state index in [-0.39, 0.29) is 17.9 Å². The van der Waals surface area contributed by atoms with Crippen LogP contribution >= 0.6 is 0 Å². The van der Waals surface area contributed by atoms with Crippen molar-refractivity contribution in [3.8, 4) is 17.2 Å². The van der Waals surface area contributed by atoms with E-state index in [1.807, 2.05) is 50.2 Å². The van der Waals surface area contributed by atoms with Crippen LogP contribution in [0.1, 0.15) is 37.3 Å². The van der Waals surface area contributed by atoms with Crippen molar-refractivity contribution in [2.45, 2.75) is 32.3 Å². The molecular weight excluding hydrogens is 318 g/mol. The van der Waals surface area contributed by atoms with E-state index in [1.165, 1.54) is 0 Å². The number of anilines is 1. The van der Waals surface area contributed by atoms with Gasteiger partial charge < -0.3 is 19.5 Å². The molecule has 132 valence electrons. The Morgan fingerprint density at radius 3 is 2.36 bits per heavy atom. The summed E-state index contributed by atoms with van der Waals surface area (Å²) in [5, 5.41) is 2.93. The smallest absolute Gasteiger partial charge is 0.225 e. The maximum Gasteiger partial charge on any atom is 0.225 e. The van der Waals surface area contributed by atoms with Gasteiger partial charge in [-0.05, 0) is 31.5 Å². The molecule has 25 heavy (non-hydrogen) atoms. The van der Waals surface area contributed by atoms with Crippen LogP contribution < -0.4 is 19.5 Å². The Hall–Kier alpha value is -2.69. The molecule has 0 saturated heterocycles. The lowest BCUT2D eigenvalue weighted by Gasteiger charge is -2.28. The van der Waals surface area contributed by atoms with E-state index in [0.717, 1.165) is 22.6 Å². The van der Waals surface area contributed by atoms with Crippen LogP contribution in [-0.4, -0.2) is 26.2 Å². The van der Waals surface area contributed by atoms with Gasteiger partial charge in [0.15, 0.2) is 11.5 Å². The molecule has 0 aliphatic carbocycles. The standard InChI is InChI=1S/C20H23NO4/c1-12(2)25-17-8-6-5-7-13(17)14-10-20(22)21-16-11-19(24-4)18(23-3)9-15(14)16/h5-9,11-12,14H,10H2,1-4H3,(H,21,22)/t14-/m0/s1. The van der Waals surface area contributed by atoms with Gasteiger partial charge in [0.25, 0.3) is 0 Å². The highest BCUT2D eigenvalue weighted by atomic mass is 16.5. The first kappa shape index (κ1) is 17.1. The quantitative estimate of drug-likeness (QED) is 0.894. The fourth-order valence-electron chi connectivity index (χ4n) is 3.20. The molecule has 3 rings (SSSR count). The molecule has 0 unspecified atom stereocenters. The lowest BCUT2D eigenvalue weighted by atomic mass is 9.84. The van der Waals surface area contributed by atoms with E-state index in [0.29, 0.717) is 17.9 Å². The number of para-hydroxylation sites is 1. The summed E-state index contributed by atoms with van der Waals surface area (Å²) >= 11 is 0. The zero-order valence-corrected chi connectivity index (χ0v) is 15.0. The topological polar surface area (TPSA) is 56.8 Å². The predicted molar refractivity (Wildman–Crippen MR) is 96.8 cm³/mol. The number of hydrogen-bond acceptors (Lipinski definition) is 4. The molecule has 1 atom stereocenters. The molecular formula is C20H23NO4. The second kappa shape index (κ2) is 7.05. The van der Waals surface area contributed by atoms with Gasteiger partial charge in [0, 0.05) is 29.7 Å². The van der Waals surface area contributed by atoms with Gasteiger partial charge in [-0.15, -0.1) is 0 Å². The van der Waals surface area contributed by atoms with Gasteiger partial charge in [-0.2, -0.15) is 0 Å². The predicted octanol–water partition coefficient (Wildman–Crippen LogP) is 3.97. The van der Waals surface area contributed by atoms with Crippen molar-refractivity contribution in [1.82, 2.24) is 0 Å². The van der Waals surface area contributed by atoms with Crippen LogP contribution in [0.4, 0.5) is 5.69 Å². The number of carbonyl (C=O) groups excluding carboxylic acids is 1. The molecule has 1 heterocycles. The van der Waals surface area contributed by atoms with Gasteiger partial charge in [0.05, 0.1) is 20.3 Å². The number of rotatable bonds is 5. The van der Waals surface area contributed by atoms with Crippen molar-refractivity contribution in [2.24, 2.45) is 0 Å². The molecule has 1 N–H and O–H groups in total. The van der Waals surface area contributed by atoms with Crippen LogP contribution in [0.15, 0.2) is 36.4 Å². The Balaban J connectivity index is 2.12. The van der Waals surface area contributed by atoms with Gasteiger partial charge in [-0.3, -0.25) is 4.79 Å². The number of methoxy groups -OCH3 is 2. The summed E-state index contributed by atoms with van der Waals surface area (Å²) in [5.41, 5.74) is 2.75. The van der Waals surface area contributed by atoms with E-state index in [9.17, 15) is 4.79 Å². The Labute approximate surface area is 147 Å². The average molecular weight is 341 g/mol. The Morgan fingerprint density at radius 1 is 1.00 bits per heavy atom. The van der Waals surface area contributed by atoms with Gasteiger partial charge in [-0.1, -0.05) is 18.2 Å². The minimum Gasteiger partial charge on any atom is -0.493 e. The van der Waals surface area contributed by atoms with E-state index in [1.54, 1.807) is 14.2 Å². The number of hydrogen-bond donors (Lipinski definition) is 1. The molecule has 0 spiro atoms. The monoisotopic (exact) mass is 341 g/mol. The molecule has 0 fully saturated rings. The maximum absolute atomic E-state index is 12.3. The summed E-state index contributed by atoms with van der Waals surface area (Å²) in [4.78, 5) is 12.3. The number of carbonyl (C=O) groups is 1. The SMILES string of the molecule is COc1cc2c(cc1OC)[C@H](c1ccccc1OC(C)C)CC(=O)N2. The highest BCUT2D eigenvalue weighted by Gasteiger charge is 2.30. The molecule has 0 radical (unpaired) electrons. The Bertz CT molecular complexity index is 785. The number of ether oxygens (including phenoxy) is 3. The second-order valence-electron chi connectivity index (χ2n) is 6.30. The third kappa shape index (κ3) is 3.40. The summed E-state index contributed by atoms with van der Waals surface area (Å²) in [5.74, 6) is 1.92. The van der Waals surface area contributed by atoms with E-state index >= 15 is 0 Å². The molecule has 0 aromatic heterocycles. The lowest BCUT2D eigenvalue weighted by Crippen LogP contribution is -2.24. The normalized spacial score (nSPS) is 16.2. The van der Waals surface area contributed by atoms with Gasteiger partial charge in [0.2, 0.25) is 5.91 Å². The van der Waals surface area contributed by atoms with Crippen LogP contribution in [-0.2, 0) is 4.79 Å². The summed E-state index contributed by atoms with van der Waals surface area (Å²) < 4.78 is 16.8. The molecule has 0 bridgehead atoms. The molecule has 1 amide bonds. The second-order valence-corrected chi connectivity index (χ2v) is 6.30. The fourth-order valence-corrected chi connectivity index (χ4v) is 3.20. The zero-order chi connectivity index (χ0) is 18.0. The van der Waals surface area contributed by atoms with Crippen molar-refractivity contribution in [3.05, 3.63) is 47.5 Å². The first-order chi connectivity index (χ1) is 12.0. The van der Waals surface area contributed by atoms with Crippen molar-refractivity contribution >= 4 is 11.6 Å². The molecule has 5 heteroatoms. The van der Waals surface area contributed by atoms with Crippen LogP contribution in [0.5, 0.6) is 17.2 Å². The summed E-state index contributed by atoms with van der Waals surface area (Å²) in [7, 11) is 3.19. The van der Waals surface area contributed by atoms with Crippen LogP contribution in [0.2, 0.25) is 0 Å². The third-order valence-corrected chi connectivity index (χ3v) is 4.25. The molecule has 1 aliphatic heterocycles.